The molecule has 0 saturated carbocycles. The van der Waals surface area contributed by atoms with Crippen molar-refractivity contribution in [1.82, 2.24) is 10.2 Å². The number of nitrogens with zero attached hydrogens (tertiary/aromatic N) is 2. The van der Waals surface area contributed by atoms with Crippen LogP contribution in [0, 0.1) is 12.7 Å². The van der Waals surface area contributed by atoms with Crippen LogP contribution in [-0.4, -0.2) is 21.9 Å². The summed E-state index contributed by atoms with van der Waals surface area (Å²) in [5, 5.41) is 10.5. The lowest BCUT2D eigenvalue weighted by Crippen LogP contribution is -2.15. The smallest absolute Gasteiger partial charge is 0.277 e. The minimum absolute atomic E-state index is 0.0154. The van der Waals surface area contributed by atoms with Gasteiger partial charge in [-0.3, -0.25) is 4.79 Å². The van der Waals surface area contributed by atoms with E-state index in [1.807, 2.05) is 0 Å². The van der Waals surface area contributed by atoms with E-state index >= 15 is 0 Å². The number of anilines is 1. The zero-order chi connectivity index (χ0) is 17.1. The second kappa shape index (κ2) is 7.18. The molecule has 0 unspecified atom stereocenters. The Labute approximate surface area is 149 Å². The predicted octanol–water partition coefficient (Wildman–Crippen LogP) is 4.27. The highest BCUT2D eigenvalue weighted by atomic mass is 79.9. The first-order valence-electron chi connectivity index (χ1n) is 6.78. The summed E-state index contributed by atoms with van der Waals surface area (Å²) in [6, 6.07) is 6.12. The summed E-state index contributed by atoms with van der Waals surface area (Å²) in [5.74, 6) is 0.113. The second-order valence-electron chi connectivity index (χ2n) is 4.72. The average Bonchev–Trinajstić information content (AvgIpc) is 3.16. The molecule has 0 spiro atoms. The van der Waals surface area contributed by atoms with Crippen LogP contribution in [0.15, 0.2) is 49.1 Å². The summed E-state index contributed by atoms with van der Waals surface area (Å²) in [6.45, 7) is 1.78. The SMILES string of the molecule is Cc1occc1-c1nnc(SCC(=O)Nc2ccc(Br)cc2F)o1. The van der Waals surface area contributed by atoms with Gasteiger partial charge < -0.3 is 14.2 Å². The van der Waals surface area contributed by atoms with Crippen LogP contribution in [0.3, 0.4) is 0 Å². The molecule has 3 rings (SSSR count). The van der Waals surface area contributed by atoms with Crippen LogP contribution < -0.4 is 5.32 Å². The first-order chi connectivity index (χ1) is 11.5. The predicted molar refractivity (Wildman–Crippen MR) is 90.2 cm³/mol. The molecule has 2 aromatic heterocycles. The number of benzene rings is 1. The van der Waals surface area contributed by atoms with Crippen molar-refractivity contribution in [3.8, 4) is 11.5 Å². The van der Waals surface area contributed by atoms with E-state index in [-0.39, 0.29) is 22.6 Å². The number of thioether (sulfide) groups is 1. The van der Waals surface area contributed by atoms with Crippen molar-refractivity contribution in [1.29, 1.82) is 0 Å². The second-order valence-corrected chi connectivity index (χ2v) is 6.57. The monoisotopic (exact) mass is 411 g/mol. The minimum atomic E-state index is -0.516. The Bertz CT molecular complexity index is 880. The van der Waals surface area contributed by atoms with Crippen molar-refractivity contribution in [2.75, 3.05) is 11.1 Å². The first-order valence-corrected chi connectivity index (χ1v) is 8.56. The summed E-state index contributed by atoms with van der Waals surface area (Å²) in [7, 11) is 0. The lowest BCUT2D eigenvalue weighted by atomic mass is 10.3. The van der Waals surface area contributed by atoms with E-state index in [0.717, 1.165) is 11.8 Å². The standard InChI is InChI=1S/C15H11BrFN3O3S/c1-8-10(4-5-22-8)14-19-20-15(23-14)24-7-13(21)18-12-3-2-9(16)6-11(12)17/h2-6H,7H2,1H3,(H,18,21). The Hall–Kier alpha value is -2.13. The van der Waals surface area contributed by atoms with E-state index in [2.05, 4.69) is 31.4 Å². The largest absolute Gasteiger partial charge is 0.469 e. The van der Waals surface area contributed by atoms with Crippen LogP contribution in [0.4, 0.5) is 10.1 Å². The van der Waals surface area contributed by atoms with Crippen LogP contribution in [0.1, 0.15) is 5.76 Å². The van der Waals surface area contributed by atoms with Gasteiger partial charge in [0.1, 0.15) is 11.6 Å². The van der Waals surface area contributed by atoms with Crippen LogP contribution in [0.5, 0.6) is 0 Å². The zero-order valence-corrected chi connectivity index (χ0v) is 14.8. The van der Waals surface area contributed by atoms with E-state index in [9.17, 15) is 9.18 Å². The van der Waals surface area contributed by atoms with E-state index < -0.39 is 5.82 Å². The van der Waals surface area contributed by atoms with Gasteiger partial charge in [-0.25, -0.2) is 4.39 Å². The van der Waals surface area contributed by atoms with Crippen molar-refractivity contribution in [3.05, 3.63) is 46.6 Å². The summed E-state index contributed by atoms with van der Waals surface area (Å²) in [4.78, 5) is 11.9. The molecule has 0 radical (unpaired) electrons. The maximum atomic E-state index is 13.7. The Balaban J connectivity index is 1.59. The number of nitrogens with one attached hydrogen (secondary N) is 1. The number of aryl methyl sites for hydroxylation is 1. The van der Waals surface area contributed by atoms with Gasteiger partial charge in [0.05, 0.1) is 23.3 Å². The van der Waals surface area contributed by atoms with Crippen LogP contribution >= 0.6 is 27.7 Å². The minimum Gasteiger partial charge on any atom is -0.469 e. The van der Waals surface area contributed by atoms with Gasteiger partial charge in [0.25, 0.3) is 11.1 Å². The lowest BCUT2D eigenvalue weighted by Gasteiger charge is -2.05. The molecule has 9 heteroatoms. The number of carbonyl (C=O) groups is 1. The van der Waals surface area contributed by atoms with Crippen molar-refractivity contribution in [3.63, 3.8) is 0 Å². The van der Waals surface area contributed by atoms with Gasteiger partial charge in [-0.1, -0.05) is 27.7 Å². The lowest BCUT2D eigenvalue weighted by molar-refractivity contribution is -0.113. The molecule has 2 heterocycles. The van der Waals surface area contributed by atoms with E-state index in [1.54, 1.807) is 19.1 Å². The Kier molecular flexibility index (Phi) is 5.00. The van der Waals surface area contributed by atoms with Gasteiger partial charge in [-0.15, -0.1) is 10.2 Å². The number of carbonyl (C=O) groups excluding carboxylic acids is 1. The van der Waals surface area contributed by atoms with E-state index in [0.29, 0.717) is 21.7 Å². The molecule has 0 aliphatic heterocycles. The molecule has 0 fully saturated rings. The van der Waals surface area contributed by atoms with E-state index in [1.165, 1.54) is 18.4 Å². The number of furan rings is 1. The zero-order valence-electron chi connectivity index (χ0n) is 12.4. The van der Waals surface area contributed by atoms with Gasteiger partial charge >= 0.3 is 0 Å². The average molecular weight is 412 g/mol. The number of amides is 1. The molecule has 1 amide bonds. The van der Waals surface area contributed by atoms with Crippen molar-refractivity contribution in [2.24, 2.45) is 0 Å². The topological polar surface area (TPSA) is 81.2 Å². The molecular formula is C15H11BrFN3O3S. The summed E-state index contributed by atoms with van der Waals surface area (Å²) >= 11 is 4.22. The normalized spacial score (nSPS) is 10.8. The van der Waals surface area contributed by atoms with Gasteiger partial charge in [0, 0.05) is 4.47 Å². The van der Waals surface area contributed by atoms with Gasteiger partial charge in [-0.05, 0) is 31.2 Å². The molecule has 0 bridgehead atoms. The fraction of sp³-hybridized carbons (Fsp3) is 0.133. The quantitative estimate of drug-likeness (QED) is 0.631. The molecule has 24 heavy (non-hydrogen) atoms. The van der Waals surface area contributed by atoms with Crippen LogP contribution in [0.25, 0.3) is 11.5 Å². The van der Waals surface area contributed by atoms with Crippen molar-refractivity contribution < 1.29 is 18.0 Å². The highest BCUT2D eigenvalue weighted by Gasteiger charge is 2.15. The summed E-state index contributed by atoms with van der Waals surface area (Å²) < 4.78 is 24.9. The number of halogens is 2. The molecule has 0 atom stereocenters. The van der Waals surface area contributed by atoms with Crippen LogP contribution in [0.2, 0.25) is 0 Å². The van der Waals surface area contributed by atoms with Crippen molar-refractivity contribution >= 4 is 39.3 Å². The molecule has 124 valence electrons. The van der Waals surface area contributed by atoms with Gasteiger partial charge in [-0.2, -0.15) is 0 Å². The Morgan fingerprint density at radius 3 is 2.92 bits per heavy atom. The van der Waals surface area contributed by atoms with E-state index in [4.69, 9.17) is 8.83 Å². The highest BCUT2D eigenvalue weighted by Crippen LogP contribution is 2.26. The molecule has 6 nitrogen and oxygen atoms in total. The third kappa shape index (κ3) is 3.85. The maximum absolute atomic E-state index is 13.7. The molecule has 0 aliphatic carbocycles. The third-order valence-electron chi connectivity index (χ3n) is 3.03. The maximum Gasteiger partial charge on any atom is 0.277 e. The molecule has 1 aromatic carbocycles. The molecule has 1 N–H and O–H groups in total. The molecular weight excluding hydrogens is 401 g/mol. The molecule has 0 aliphatic rings. The number of hydrogen-bond acceptors (Lipinski definition) is 6. The third-order valence-corrected chi connectivity index (χ3v) is 4.34. The molecule has 3 aromatic rings. The first kappa shape index (κ1) is 16.7. The summed E-state index contributed by atoms with van der Waals surface area (Å²) in [5.41, 5.74) is 0.819. The Morgan fingerprint density at radius 1 is 1.38 bits per heavy atom. The fourth-order valence-corrected chi connectivity index (χ4v) is 2.78. The number of hydrogen-bond donors (Lipinski definition) is 1. The molecule has 0 saturated heterocycles. The van der Waals surface area contributed by atoms with Gasteiger partial charge in [0.15, 0.2) is 0 Å². The highest BCUT2D eigenvalue weighted by molar-refractivity contribution is 9.10. The Morgan fingerprint density at radius 2 is 2.21 bits per heavy atom. The number of aromatic nitrogens is 2. The van der Waals surface area contributed by atoms with Crippen molar-refractivity contribution in [2.45, 2.75) is 12.1 Å². The fourth-order valence-electron chi connectivity index (χ4n) is 1.89. The number of rotatable bonds is 5. The summed E-state index contributed by atoms with van der Waals surface area (Å²) in [6.07, 6.45) is 1.53. The van der Waals surface area contributed by atoms with Crippen LogP contribution in [-0.2, 0) is 4.79 Å². The van der Waals surface area contributed by atoms with Gasteiger partial charge in [0.2, 0.25) is 5.91 Å².